The van der Waals surface area contributed by atoms with Gasteiger partial charge in [0.15, 0.2) is 5.78 Å². The summed E-state index contributed by atoms with van der Waals surface area (Å²) in [6, 6.07) is 7.74. The topological polar surface area (TPSA) is 49.9 Å². The summed E-state index contributed by atoms with van der Waals surface area (Å²) in [6.45, 7) is 2.49. The number of allylic oxidation sites excluding steroid dienone is 2. The molecule has 2 aliphatic rings. The second-order valence-electron chi connectivity index (χ2n) is 6.42. The van der Waals surface area contributed by atoms with Gasteiger partial charge in [-0.15, -0.1) is 0 Å². The average Bonchev–Trinajstić information content (AvgIpc) is 2.54. The molecule has 0 radical (unpaired) electrons. The van der Waals surface area contributed by atoms with E-state index in [0.717, 1.165) is 35.4 Å². The minimum atomic E-state index is -0.209. The molecule has 0 fully saturated rings. The molecule has 1 aromatic rings. The van der Waals surface area contributed by atoms with Gasteiger partial charge in [0.1, 0.15) is 5.75 Å². The fourth-order valence-corrected chi connectivity index (χ4v) is 3.76. The number of hydrazine groups is 1. The Morgan fingerprint density at radius 3 is 2.67 bits per heavy atom. The molecule has 128 valence electrons. The molecule has 0 saturated carbocycles. The molecule has 3 rings (SSSR count). The number of carbonyl (C=O) groups is 2. The van der Waals surface area contributed by atoms with Gasteiger partial charge in [-0.3, -0.25) is 9.59 Å². The van der Waals surface area contributed by atoms with Gasteiger partial charge in [0, 0.05) is 49.7 Å². The minimum Gasteiger partial charge on any atom is -0.494 e. The lowest BCUT2D eigenvalue weighted by Crippen LogP contribution is -2.47. The third-order valence-electron chi connectivity index (χ3n) is 4.64. The minimum absolute atomic E-state index is 0.0322. The number of amides is 1. The van der Waals surface area contributed by atoms with Gasteiger partial charge in [-0.1, -0.05) is 18.2 Å². The van der Waals surface area contributed by atoms with E-state index in [4.69, 9.17) is 4.74 Å². The number of hydrogen-bond donors (Lipinski definition) is 0. The zero-order valence-electron chi connectivity index (χ0n) is 14.5. The molecule has 0 bridgehead atoms. The second kappa shape index (κ2) is 6.77. The summed E-state index contributed by atoms with van der Waals surface area (Å²) in [7, 11) is 3.69. The SMILES string of the molecule is CCOc1ccccc1C1CC(=O)N(N(C)C)C2=C1C(=O)CCC2. The van der Waals surface area contributed by atoms with E-state index in [1.165, 1.54) is 0 Å². The van der Waals surface area contributed by atoms with Crippen molar-refractivity contribution in [2.24, 2.45) is 0 Å². The van der Waals surface area contributed by atoms with Gasteiger partial charge < -0.3 is 4.74 Å². The Bertz CT molecular complexity index is 694. The van der Waals surface area contributed by atoms with Crippen LogP contribution in [0.25, 0.3) is 0 Å². The van der Waals surface area contributed by atoms with Gasteiger partial charge in [0.2, 0.25) is 5.91 Å². The highest BCUT2D eigenvalue weighted by Crippen LogP contribution is 2.44. The predicted octanol–water partition coefficient (Wildman–Crippen LogP) is 2.88. The summed E-state index contributed by atoms with van der Waals surface area (Å²) in [5, 5.41) is 3.45. The van der Waals surface area contributed by atoms with Crippen molar-refractivity contribution in [3.8, 4) is 5.75 Å². The fraction of sp³-hybridized carbons (Fsp3) is 0.474. The highest BCUT2D eigenvalue weighted by molar-refractivity contribution is 6.01. The number of ether oxygens (including phenoxy) is 1. The molecule has 1 heterocycles. The van der Waals surface area contributed by atoms with Crippen LogP contribution in [0.1, 0.15) is 44.1 Å². The van der Waals surface area contributed by atoms with Crippen LogP contribution in [-0.4, -0.2) is 42.4 Å². The smallest absolute Gasteiger partial charge is 0.242 e. The van der Waals surface area contributed by atoms with Gasteiger partial charge in [-0.25, -0.2) is 10.0 Å². The van der Waals surface area contributed by atoms with Crippen LogP contribution in [0.2, 0.25) is 0 Å². The molecule has 5 nitrogen and oxygen atoms in total. The summed E-state index contributed by atoms with van der Waals surface area (Å²) >= 11 is 0. The van der Waals surface area contributed by atoms with Crippen molar-refractivity contribution in [2.75, 3.05) is 20.7 Å². The number of benzene rings is 1. The van der Waals surface area contributed by atoms with Crippen molar-refractivity contribution in [3.63, 3.8) is 0 Å². The maximum Gasteiger partial charge on any atom is 0.242 e. The van der Waals surface area contributed by atoms with Crippen LogP contribution in [0.4, 0.5) is 0 Å². The van der Waals surface area contributed by atoms with Crippen molar-refractivity contribution < 1.29 is 14.3 Å². The quantitative estimate of drug-likeness (QED) is 0.853. The van der Waals surface area contributed by atoms with E-state index in [0.29, 0.717) is 19.4 Å². The van der Waals surface area contributed by atoms with Crippen LogP contribution in [0.3, 0.4) is 0 Å². The highest BCUT2D eigenvalue weighted by Gasteiger charge is 2.40. The number of Topliss-reactive ketones (excluding diaryl/α,β-unsaturated/α-hetero) is 1. The van der Waals surface area contributed by atoms with Gasteiger partial charge in [0.05, 0.1) is 6.61 Å². The molecule has 0 aromatic heterocycles. The molecule has 1 unspecified atom stereocenters. The lowest BCUT2D eigenvalue weighted by molar-refractivity contribution is -0.143. The summed E-state index contributed by atoms with van der Waals surface area (Å²) in [4.78, 5) is 25.4. The zero-order chi connectivity index (χ0) is 17.3. The summed E-state index contributed by atoms with van der Waals surface area (Å²) in [5.74, 6) is 0.747. The molecule has 0 saturated heterocycles. The second-order valence-corrected chi connectivity index (χ2v) is 6.42. The highest BCUT2D eigenvalue weighted by atomic mass is 16.5. The molecule has 0 spiro atoms. The predicted molar refractivity (Wildman–Crippen MR) is 91.4 cm³/mol. The van der Waals surface area contributed by atoms with E-state index in [2.05, 4.69) is 0 Å². The maximum absolute atomic E-state index is 12.7. The van der Waals surface area contributed by atoms with Crippen LogP contribution in [0, 0.1) is 0 Å². The average molecular weight is 328 g/mol. The first kappa shape index (κ1) is 16.7. The van der Waals surface area contributed by atoms with Gasteiger partial charge in [-0.05, 0) is 25.8 Å². The molecular weight excluding hydrogens is 304 g/mol. The summed E-state index contributed by atoms with van der Waals surface area (Å²) in [6.07, 6.45) is 2.42. The molecule has 1 aliphatic carbocycles. The van der Waals surface area contributed by atoms with E-state index in [9.17, 15) is 9.59 Å². The lowest BCUT2D eigenvalue weighted by atomic mass is 9.77. The van der Waals surface area contributed by atoms with Crippen molar-refractivity contribution in [1.29, 1.82) is 0 Å². The Labute approximate surface area is 142 Å². The van der Waals surface area contributed by atoms with Crippen molar-refractivity contribution >= 4 is 11.7 Å². The number of hydrogen-bond acceptors (Lipinski definition) is 4. The van der Waals surface area contributed by atoms with Crippen LogP contribution in [0.15, 0.2) is 35.5 Å². The molecule has 1 aromatic carbocycles. The number of rotatable bonds is 4. The van der Waals surface area contributed by atoms with Crippen molar-refractivity contribution in [2.45, 2.75) is 38.5 Å². The molecular formula is C19H24N2O3. The molecule has 1 amide bonds. The third-order valence-corrected chi connectivity index (χ3v) is 4.64. The monoisotopic (exact) mass is 328 g/mol. The molecule has 1 atom stereocenters. The molecule has 24 heavy (non-hydrogen) atoms. The third kappa shape index (κ3) is 2.84. The van der Waals surface area contributed by atoms with Gasteiger partial charge in [-0.2, -0.15) is 0 Å². The zero-order valence-corrected chi connectivity index (χ0v) is 14.5. The van der Waals surface area contributed by atoms with E-state index < -0.39 is 0 Å². The number of nitrogens with zero attached hydrogens (tertiary/aromatic N) is 2. The summed E-state index contributed by atoms with van der Waals surface area (Å²) < 4.78 is 5.75. The Morgan fingerprint density at radius 2 is 1.96 bits per heavy atom. The van der Waals surface area contributed by atoms with Crippen LogP contribution in [-0.2, 0) is 9.59 Å². The first-order valence-corrected chi connectivity index (χ1v) is 8.52. The number of para-hydroxylation sites is 1. The van der Waals surface area contributed by atoms with Gasteiger partial charge in [0.25, 0.3) is 0 Å². The van der Waals surface area contributed by atoms with Crippen LogP contribution in [0.5, 0.6) is 5.75 Å². The number of ketones is 1. The largest absolute Gasteiger partial charge is 0.494 e. The van der Waals surface area contributed by atoms with Crippen LogP contribution < -0.4 is 4.74 Å². The molecule has 1 aliphatic heterocycles. The van der Waals surface area contributed by atoms with Crippen LogP contribution >= 0.6 is 0 Å². The van der Waals surface area contributed by atoms with E-state index in [1.54, 1.807) is 10.0 Å². The Balaban J connectivity index is 2.13. The standard InChI is InChI=1S/C19H24N2O3/c1-4-24-17-11-6-5-8-13(17)14-12-18(23)21(20(2)3)15-9-7-10-16(22)19(14)15/h5-6,8,11,14H,4,7,9-10,12H2,1-3H3. The lowest BCUT2D eigenvalue weighted by Gasteiger charge is -2.41. The summed E-state index contributed by atoms with van der Waals surface area (Å²) in [5.41, 5.74) is 2.60. The Kier molecular flexibility index (Phi) is 4.71. The fourth-order valence-electron chi connectivity index (χ4n) is 3.76. The Morgan fingerprint density at radius 1 is 1.21 bits per heavy atom. The normalized spacial score (nSPS) is 21.3. The molecule has 0 N–H and O–H groups in total. The number of carbonyl (C=O) groups excluding carboxylic acids is 2. The Hall–Kier alpha value is -2.14. The van der Waals surface area contributed by atoms with E-state index >= 15 is 0 Å². The van der Waals surface area contributed by atoms with E-state index in [1.807, 2.05) is 45.3 Å². The van der Waals surface area contributed by atoms with E-state index in [-0.39, 0.29) is 17.6 Å². The van der Waals surface area contributed by atoms with Crippen molar-refractivity contribution in [1.82, 2.24) is 10.0 Å². The maximum atomic E-state index is 12.7. The van der Waals surface area contributed by atoms with Gasteiger partial charge >= 0.3 is 0 Å². The molecule has 5 heteroatoms. The first-order chi connectivity index (χ1) is 11.5. The van der Waals surface area contributed by atoms with Crippen molar-refractivity contribution in [3.05, 3.63) is 41.1 Å². The first-order valence-electron chi connectivity index (χ1n) is 8.52.